The number of rotatable bonds is 28. The van der Waals surface area contributed by atoms with Gasteiger partial charge in [0, 0.05) is 89.9 Å². The summed E-state index contributed by atoms with van der Waals surface area (Å²) in [5.74, 6) is -4.86. The Bertz CT molecular complexity index is 6990. The molecule has 0 saturated carbocycles. The van der Waals surface area contributed by atoms with Crippen LogP contribution in [0.25, 0.3) is 11.4 Å². The van der Waals surface area contributed by atoms with Gasteiger partial charge in [-0.1, -0.05) is 127 Å². The van der Waals surface area contributed by atoms with Gasteiger partial charge < -0.3 is 63.1 Å². The maximum absolute atomic E-state index is 13.6. The number of benzene rings is 12. The van der Waals surface area contributed by atoms with Crippen LogP contribution < -0.4 is 63.1 Å². The second kappa shape index (κ2) is 40.6. The largest absolute Gasteiger partial charge is 0.488 e. The summed E-state index contributed by atoms with van der Waals surface area (Å²) in [6.07, 6.45) is 0.598. The van der Waals surface area contributed by atoms with E-state index in [2.05, 4.69) is 93.5 Å². The van der Waals surface area contributed by atoms with Crippen LogP contribution >= 0.6 is 0 Å². The fraction of sp³-hybridized carbons (Fsp3) is 0.109. The van der Waals surface area contributed by atoms with Crippen LogP contribution in [0, 0.1) is 0 Å². The van der Waals surface area contributed by atoms with E-state index in [9.17, 15) is 71.9 Å². The van der Waals surface area contributed by atoms with Crippen molar-refractivity contribution < 1.29 is 81.4 Å². The Balaban J connectivity index is 0.000000151. The number of hydrogen-bond donors (Lipinski definition) is 10. The van der Waals surface area contributed by atoms with E-state index in [-0.39, 0.29) is 125 Å². The van der Waals surface area contributed by atoms with Crippen molar-refractivity contribution in [2.24, 2.45) is 36.4 Å². The number of ketones is 7. The molecule has 5 aliphatic rings. The smallest absolute Gasteiger partial charge is 0.258 e. The second-order valence-corrected chi connectivity index (χ2v) is 31.3. The number of carbonyl (C=O) groups excluding carboxylic acids is 15. The maximum atomic E-state index is 13.6. The molecule has 11 N–H and O–H groups in total. The topological polar surface area (TPSA) is 522 Å². The van der Waals surface area contributed by atoms with Crippen LogP contribution in [0.15, 0.2) is 298 Å². The van der Waals surface area contributed by atoms with Gasteiger partial charge >= 0.3 is 0 Å². The third kappa shape index (κ3) is 21.3. The van der Waals surface area contributed by atoms with Crippen LogP contribution in [0.4, 0.5) is 80.1 Å². The van der Waals surface area contributed by atoms with Gasteiger partial charge in [-0.3, -0.25) is 71.9 Å². The van der Waals surface area contributed by atoms with Gasteiger partial charge in [-0.05, 0) is 177 Å². The molecule has 0 saturated heterocycles. The van der Waals surface area contributed by atoms with E-state index in [0.29, 0.717) is 113 Å². The van der Waals surface area contributed by atoms with Crippen LogP contribution in [-0.4, -0.2) is 134 Å². The van der Waals surface area contributed by atoms with E-state index in [1.807, 2.05) is 30.3 Å². The lowest BCUT2D eigenvalue weighted by molar-refractivity contribution is -0.127. The Morgan fingerprint density at radius 2 is 0.723 bits per heavy atom. The summed E-state index contributed by atoms with van der Waals surface area (Å²) in [4.78, 5) is 202. The summed E-state index contributed by atoms with van der Waals surface area (Å²) in [5.41, 5.74) is 16.5. The first-order valence-electron chi connectivity index (χ1n) is 42.4. The summed E-state index contributed by atoms with van der Waals surface area (Å²) >= 11 is 0. The van der Waals surface area contributed by atoms with Crippen LogP contribution in [0.3, 0.4) is 0 Å². The fourth-order valence-corrected chi connectivity index (χ4v) is 15.0. The molecule has 0 bridgehead atoms. The molecule has 0 fully saturated rings. The molecule has 2 aliphatic carbocycles. The number of amides is 8. The Kier molecular flexibility index (Phi) is 27.1. The Labute approximate surface area is 778 Å². The van der Waals surface area contributed by atoms with Crippen molar-refractivity contribution in [1.82, 2.24) is 15.0 Å². The first-order valence-corrected chi connectivity index (χ1v) is 42.4. The molecule has 4 heterocycles. The number of hydrogen-bond acceptors (Lipinski definition) is 28. The standard InChI is InChI=1S/C38H34N8O8.C37H21N5O4.C26H22N6O5/c1-21(47)35(37(51)39-25-11-13-27-23(17-25)19-33(49)41-27)45-43-29-7-3-5-9-31(29)53-15-16-54-32-10-6-4-8-30(32)44-46-36(22(2)48)38(52)40-26-12-14-28-24(18-26)20-34(50)42-28;43-31-21-12-4-6-14-23(21)33(45)29-25(31)16-8-18-27(29)38-36-40-35(20-10-2-1-3-11-20)41-37(42-36)39-28-19-9-17-26-30(28)34(46)24-15-7-5-13-22(24)32(26)44;1-14(33)23(26(37)29-20-10-11-21-17(12-20)13-22(34)30-21)32-31-19-8-4-16(5-9-19)25(36)28-18-6-2-15(3-7-18)24(27)35/h3-14,17-18,35-36H,15-16,19-20H2,1-2H3,(H,39,51)(H,40,52)(H,41,49)(H,42,50);1-19H,(H2,38,39,40,41,42);2-12,23H,13H2,1H3,(H2,27,35)(H,28,36)(H,29,37)(H,30,34). The highest BCUT2D eigenvalue weighted by Crippen LogP contribution is 2.39. The minimum Gasteiger partial charge on any atom is -0.488 e. The quantitative estimate of drug-likeness (QED) is 0.0124. The predicted octanol–water partition coefficient (Wildman–Crippen LogP) is 15.3. The highest BCUT2D eigenvalue weighted by molar-refractivity contribution is 6.31. The number of aromatic nitrogens is 3. The molecule has 3 unspecified atom stereocenters. The zero-order valence-corrected chi connectivity index (χ0v) is 72.7. The Hall–Kier alpha value is -18.9. The van der Waals surface area contributed by atoms with E-state index < -0.39 is 59.1 Å². The third-order valence-electron chi connectivity index (χ3n) is 21.7. The lowest BCUT2D eigenvalue weighted by Gasteiger charge is -2.21. The minimum atomic E-state index is -1.43. The molecular formula is C101H77N19O17. The van der Waals surface area contributed by atoms with Crippen molar-refractivity contribution in [3.8, 4) is 22.9 Å². The Morgan fingerprint density at radius 1 is 0.365 bits per heavy atom. The van der Waals surface area contributed by atoms with E-state index in [0.717, 1.165) is 16.7 Å². The average molecular weight is 1830 g/mol. The van der Waals surface area contributed by atoms with Crippen molar-refractivity contribution in [2.45, 2.75) is 58.2 Å². The van der Waals surface area contributed by atoms with Gasteiger partial charge in [0.15, 0.2) is 46.3 Å². The number of azo groups is 3. The number of ether oxygens (including phenoxy) is 2. The molecule has 0 radical (unpaired) electrons. The van der Waals surface area contributed by atoms with E-state index in [4.69, 9.17) is 15.2 Å². The molecule has 18 rings (SSSR count). The van der Waals surface area contributed by atoms with Gasteiger partial charge in [0.25, 0.3) is 23.6 Å². The summed E-state index contributed by atoms with van der Waals surface area (Å²) in [7, 11) is 0. The highest BCUT2D eigenvalue weighted by atomic mass is 16.5. The molecule has 13 aromatic rings. The first kappa shape index (κ1) is 91.4. The Morgan fingerprint density at radius 3 is 1.12 bits per heavy atom. The van der Waals surface area contributed by atoms with E-state index >= 15 is 0 Å². The van der Waals surface area contributed by atoms with Gasteiger partial charge in [-0.2, -0.15) is 45.6 Å². The van der Waals surface area contributed by atoms with Gasteiger partial charge in [0.05, 0.1) is 47.5 Å². The summed E-state index contributed by atoms with van der Waals surface area (Å²) in [6.45, 7) is 3.80. The zero-order valence-electron chi connectivity index (χ0n) is 72.7. The number of anilines is 11. The molecule has 8 amide bonds. The summed E-state index contributed by atoms with van der Waals surface area (Å²) in [6, 6.07) is 68.9. The molecular weight excluding hydrogens is 1750 g/mol. The van der Waals surface area contributed by atoms with Crippen molar-refractivity contribution >= 4 is 168 Å². The second-order valence-electron chi connectivity index (χ2n) is 31.3. The number of para-hydroxylation sites is 2. The molecule has 36 heteroatoms. The molecule has 678 valence electrons. The molecule has 3 atom stereocenters. The number of primary amides is 1. The van der Waals surface area contributed by atoms with Gasteiger partial charge in [-0.25, -0.2) is 0 Å². The highest BCUT2D eigenvalue weighted by Gasteiger charge is 2.36. The first-order chi connectivity index (χ1) is 66.2. The number of carbonyl (C=O) groups is 15. The maximum Gasteiger partial charge on any atom is 0.258 e. The van der Waals surface area contributed by atoms with Crippen LogP contribution in [0.1, 0.15) is 122 Å². The van der Waals surface area contributed by atoms with Crippen molar-refractivity contribution in [3.05, 3.63) is 339 Å². The number of fused-ring (bicyclic) bond motifs is 7. The van der Waals surface area contributed by atoms with Gasteiger partial charge in [0.1, 0.15) is 36.1 Å². The van der Waals surface area contributed by atoms with E-state index in [1.54, 1.807) is 200 Å². The van der Waals surface area contributed by atoms with E-state index in [1.165, 1.54) is 57.2 Å². The lowest BCUT2D eigenvalue weighted by Crippen LogP contribution is -2.31. The lowest BCUT2D eigenvalue weighted by atomic mass is 9.83. The van der Waals surface area contributed by atoms with Crippen molar-refractivity contribution in [2.75, 3.05) is 61.1 Å². The normalized spacial score (nSPS) is 13.4. The van der Waals surface area contributed by atoms with Crippen LogP contribution in [0.5, 0.6) is 11.5 Å². The molecule has 3 aliphatic heterocycles. The summed E-state index contributed by atoms with van der Waals surface area (Å²) < 4.78 is 11.8. The average Bonchev–Trinajstić information content (AvgIpc) is 1.61. The van der Waals surface area contributed by atoms with Crippen molar-refractivity contribution in [1.29, 1.82) is 0 Å². The number of nitrogens with one attached hydrogen (secondary N) is 9. The van der Waals surface area contributed by atoms with Crippen molar-refractivity contribution in [3.63, 3.8) is 0 Å². The van der Waals surface area contributed by atoms with Gasteiger partial charge in [0.2, 0.25) is 53.7 Å². The SMILES string of the molecule is CC(=O)C(N=Nc1ccc(C(=O)Nc2ccc(C(N)=O)cc2)cc1)C(=O)Nc1ccc2c(c1)CC(=O)N2.CC(=O)C(N=Nc1ccccc1OCCOc1ccccc1N=NC(C(C)=O)C(=O)Nc1ccc2c(c1)CC(=O)N2)C(=O)Nc1ccc2c(c1)CC(=O)N2.O=C1c2ccccc2C(=O)c2c(Nc3nc(Nc4cccc5c4C(=O)c4ccccc4C5=O)nc(-c4ccccc4)n3)cccc21. The van der Waals surface area contributed by atoms with Crippen LogP contribution in [-0.2, 0) is 62.4 Å². The number of nitrogens with zero attached hydrogens (tertiary/aromatic N) is 9. The fourth-order valence-electron chi connectivity index (χ4n) is 15.0. The molecule has 1 aromatic heterocycles. The molecule has 137 heavy (non-hydrogen) atoms. The number of nitrogens with two attached hydrogens (primary N) is 1. The monoisotopic (exact) mass is 1830 g/mol. The van der Waals surface area contributed by atoms with Crippen LogP contribution in [0.2, 0.25) is 0 Å². The predicted molar refractivity (Wildman–Crippen MR) is 504 cm³/mol. The molecule has 0 spiro atoms. The summed E-state index contributed by atoms with van der Waals surface area (Å²) in [5, 5.41) is 49.3. The van der Waals surface area contributed by atoms with Gasteiger partial charge in [-0.15, -0.1) is 0 Å². The third-order valence-corrected chi connectivity index (χ3v) is 21.7. The molecule has 12 aromatic carbocycles. The zero-order chi connectivity index (χ0) is 96.1. The number of Topliss-reactive ketones (excluding diaryl/α,β-unsaturated/α-hetero) is 3. The minimum absolute atomic E-state index is 0.0463. The molecule has 36 nitrogen and oxygen atoms in total.